The lowest BCUT2D eigenvalue weighted by atomic mass is 10.1. The topological polar surface area (TPSA) is 78.6 Å². The predicted molar refractivity (Wildman–Crippen MR) is 75.4 cm³/mol. The molecule has 1 unspecified atom stereocenters. The minimum absolute atomic E-state index is 0.0907. The van der Waals surface area contributed by atoms with E-state index in [0.29, 0.717) is 24.7 Å². The van der Waals surface area contributed by atoms with E-state index in [1.165, 1.54) is 6.26 Å². The van der Waals surface area contributed by atoms with Crippen molar-refractivity contribution in [1.82, 2.24) is 0 Å². The van der Waals surface area contributed by atoms with Gasteiger partial charge in [-0.3, -0.25) is 0 Å². The van der Waals surface area contributed by atoms with E-state index in [-0.39, 0.29) is 5.75 Å². The van der Waals surface area contributed by atoms with Gasteiger partial charge in [-0.25, -0.2) is 8.42 Å². The molecule has 0 bridgehead atoms. The van der Waals surface area contributed by atoms with E-state index in [1.807, 2.05) is 13.8 Å². The molecule has 1 aromatic carbocycles. The number of nitrogens with two attached hydrogens (primary N) is 1. The minimum atomic E-state index is -3.11. The number of benzene rings is 1. The van der Waals surface area contributed by atoms with Crippen molar-refractivity contribution in [2.45, 2.75) is 19.9 Å². The average molecular weight is 287 g/mol. The number of hydrogen-bond donors (Lipinski definition) is 1. The van der Waals surface area contributed by atoms with Gasteiger partial charge in [0.1, 0.15) is 9.84 Å². The van der Waals surface area contributed by atoms with Crippen LogP contribution in [0.2, 0.25) is 0 Å². The van der Waals surface area contributed by atoms with Gasteiger partial charge in [0.15, 0.2) is 11.5 Å². The lowest BCUT2D eigenvalue weighted by molar-refractivity contribution is 0.287. The zero-order chi connectivity index (χ0) is 14.5. The van der Waals surface area contributed by atoms with E-state index in [2.05, 4.69) is 0 Å². The summed E-state index contributed by atoms with van der Waals surface area (Å²) in [5.74, 6) is 1.14. The Morgan fingerprint density at radius 1 is 1.16 bits per heavy atom. The third-order valence-corrected chi connectivity index (χ3v) is 3.44. The maximum Gasteiger partial charge on any atom is 0.161 e. The SMILES string of the molecule is CCOc1ccc(C(N)CS(C)(=O)=O)cc1OCC. The van der Waals surface area contributed by atoms with E-state index in [4.69, 9.17) is 15.2 Å². The Morgan fingerprint density at radius 3 is 2.26 bits per heavy atom. The Labute approximate surface area is 114 Å². The van der Waals surface area contributed by atoms with Crippen LogP contribution < -0.4 is 15.2 Å². The first kappa shape index (κ1) is 15.8. The highest BCUT2D eigenvalue weighted by Gasteiger charge is 2.15. The van der Waals surface area contributed by atoms with Crippen LogP contribution in [0.15, 0.2) is 18.2 Å². The molecule has 0 aliphatic heterocycles. The molecule has 0 saturated heterocycles. The van der Waals surface area contributed by atoms with Crippen LogP contribution in [0.1, 0.15) is 25.5 Å². The molecular formula is C13H21NO4S. The zero-order valence-electron chi connectivity index (χ0n) is 11.5. The predicted octanol–water partition coefficient (Wildman–Crippen LogP) is 1.53. The fourth-order valence-corrected chi connectivity index (χ4v) is 2.57. The Kier molecular flexibility index (Phi) is 5.62. The third kappa shape index (κ3) is 5.08. The molecule has 2 N–H and O–H groups in total. The fourth-order valence-electron chi connectivity index (χ4n) is 1.72. The Morgan fingerprint density at radius 2 is 1.74 bits per heavy atom. The zero-order valence-corrected chi connectivity index (χ0v) is 12.4. The van der Waals surface area contributed by atoms with Gasteiger partial charge in [-0.1, -0.05) is 6.07 Å². The van der Waals surface area contributed by atoms with Crippen molar-refractivity contribution in [3.8, 4) is 11.5 Å². The summed E-state index contributed by atoms with van der Waals surface area (Å²) in [6.45, 7) is 4.80. The summed E-state index contributed by atoms with van der Waals surface area (Å²) in [6.07, 6.45) is 1.17. The first-order chi connectivity index (χ1) is 8.87. The van der Waals surface area contributed by atoms with Gasteiger partial charge in [0, 0.05) is 12.3 Å². The summed E-state index contributed by atoms with van der Waals surface area (Å²) >= 11 is 0. The highest BCUT2D eigenvalue weighted by Crippen LogP contribution is 2.30. The molecule has 6 heteroatoms. The molecule has 108 valence electrons. The average Bonchev–Trinajstić information content (AvgIpc) is 2.29. The molecule has 0 aliphatic rings. The molecule has 1 rings (SSSR count). The normalized spacial score (nSPS) is 13.1. The summed E-state index contributed by atoms with van der Waals surface area (Å²) < 4.78 is 33.4. The molecule has 0 aliphatic carbocycles. The van der Waals surface area contributed by atoms with Gasteiger partial charge < -0.3 is 15.2 Å². The van der Waals surface area contributed by atoms with Gasteiger partial charge in [-0.2, -0.15) is 0 Å². The van der Waals surface area contributed by atoms with Crippen molar-refractivity contribution in [3.05, 3.63) is 23.8 Å². The lowest BCUT2D eigenvalue weighted by Gasteiger charge is -2.15. The van der Waals surface area contributed by atoms with E-state index >= 15 is 0 Å². The van der Waals surface area contributed by atoms with Crippen LogP contribution in [-0.4, -0.2) is 33.6 Å². The Balaban J connectivity index is 3.00. The maximum atomic E-state index is 11.3. The van der Waals surface area contributed by atoms with Crippen molar-refractivity contribution >= 4 is 9.84 Å². The largest absolute Gasteiger partial charge is 0.490 e. The number of ether oxygens (including phenoxy) is 2. The van der Waals surface area contributed by atoms with Crippen LogP contribution in [0.5, 0.6) is 11.5 Å². The summed E-state index contributed by atoms with van der Waals surface area (Å²) in [5, 5.41) is 0. The minimum Gasteiger partial charge on any atom is -0.490 e. The quantitative estimate of drug-likeness (QED) is 0.822. The van der Waals surface area contributed by atoms with Crippen molar-refractivity contribution in [2.24, 2.45) is 5.73 Å². The molecule has 1 atom stereocenters. The number of sulfone groups is 1. The molecule has 0 radical (unpaired) electrons. The molecule has 0 heterocycles. The monoisotopic (exact) mass is 287 g/mol. The second kappa shape index (κ2) is 6.77. The van der Waals surface area contributed by atoms with Crippen LogP contribution in [0.25, 0.3) is 0 Å². The van der Waals surface area contributed by atoms with Crippen molar-refractivity contribution < 1.29 is 17.9 Å². The smallest absolute Gasteiger partial charge is 0.161 e. The fraction of sp³-hybridized carbons (Fsp3) is 0.538. The lowest BCUT2D eigenvalue weighted by Crippen LogP contribution is -2.20. The van der Waals surface area contributed by atoms with E-state index in [1.54, 1.807) is 18.2 Å². The van der Waals surface area contributed by atoms with E-state index in [9.17, 15) is 8.42 Å². The summed E-state index contributed by atoms with van der Waals surface area (Å²) in [4.78, 5) is 0. The van der Waals surface area contributed by atoms with Crippen molar-refractivity contribution in [1.29, 1.82) is 0 Å². The van der Waals surface area contributed by atoms with Gasteiger partial charge >= 0.3 is 0 Å². The molecule has 0 amide bonds. The van der Waals surface area contributed by atoms with E-state index in [0.717, 1.165) is 5.56 Å². The molecule has 0 fully saturated rings. The van der Waals surface area contributed by atoms with Gasteiger partial charge in [0.2, 0.25) is 0 Å². The van der Waals surface area contributed by atoms with Crippen molar-refractivity contribution in [2.75, 3.05) is 25.2 Å². The molecule has 0 saturated carbocycles. The van der Waals surface area contributed by atoms with Crippen LogP contribution in [-0.2, 0) is 9.84 Å². The first-order valence-electron chi connectivity index (χ1n) is 6.20. The standard InChI is InChI=1S/C13H21NO4S/c1-4-17-12-7-6-10(8-13(12)18-5-2)11(14)9-19(3,15)16/h6-8,11H,4-5,9,14H2,1-3H3. The van der Waals surface area contributed by atoms with Crippen molar-refractivity contribution in [3.63, 3.8) is 0 Å². The van der Waals surface area contributed by atoms with Crippen LogP contribution in [0, 0.1) is 0 Å². The van der Waals surface area contributed by atoms with E-state index < -0.39 is 15.9 Å². The molecule has 5 nitrogen and oxygen atoms in total. The van der Waals surface area contributed by atoms with Gasteiger partial charge in [0.05, 0.1) is 19.0 Å². The highest BCUT2D eigenvalue weighted by molar-refractivity contribution is 7.90. The molecule has 19 heavy (non-hydrogen) atoms. The first-order valence-corrected chi connectivity index (χ1v) is 8.26. The number of rotatable bonds is 7. The summed E-state index contributed by atoms with van der Waals surface area (Å²) in [5.41, 5.74) is 6.61. The third-order valence-electron chi connectivity index (χ3n) is 2.48. The second-order valence-corrected chi connectivity index (χ2v) is 6.46. The van der Waals surface area contributed by atoms with Crippen LogP contribution >= 0.6 is 0 Å². The highest BCUT2D eigenvalue weighted by atomic mass is 32.2. The van der Waals surface area contributed by atoms with Crippen LogP contribution in [0.4, 0.5) is 0 Å². The maximum absolute atomic E-state index is 11.3. The Bertz CT molecular complexity index is 513. The number of hydrogen-bond acceptors (Lipinski definition) is 5. The Hall–Kier alpha value is -1.27. The van der Waals surface area contributed by atoms with Crippen LogP contribution in [0.3, 0.4) is 0 Å². The van der Waals surface area contributed by atoms with Gasteiger partial charge in [-0.15, -0.1) is 0 Å². The molecular weight excluding hydrogens is 266 g/mol. The van der Waals surface area contributed by atoms with Gasteiger partial charge in [-0.05, 0) is 31.5 Å². The molecule has 0 spiro atoms. The summed E-state index contributed by atoms with van der Waals surface area (Å²) in [7, 11) is -3.11. The molecule has 0 aromatic heterocycles. The van der Waals surface area contributed by atoms with Gasteiger partial charge in [0.25, 0.3) is 0 Å². The second-order valence-electron chi connectivity index (χ2n) is 4.27. The summed E-state index contributed by atoms with van der Waals surface area (Å²) in [6, 6.07) is 4.70. The molecule has 1 aromatic rings.